The molecule has 4 heteroatoms. The summed E-state index contributed by atoms with van der Waals surface area (Å²) in [6, 6.07) is 45.5. The van der Waals surface area contributed by atoms with Crippen molar-refractivity contribution >= 4 is 62.1 Å². The molecule has 1 aliphatic carbocycles. The zero-order chi connectivity index (χ0) is 36.9. The summed E-state index contributed by atoms with van der Waals surface area (Å²) < 4.78 is 9.83. The van der Waals surface area contributed by atoms with Crippen molar-refractivity contribution < 1.29 is 4.42 Å². The van der Waals surface area contributed by atoms with Gasteiger partial charge in [-0.15, -0.1) is 0 Å². The summed E-state index contributed by atoms with van der Waals surface area (Å²) in [7, 11) is 0. The van der Waals surface area contributed by atoms with Crippen LogP contribution < -0.4 is 15.9 Å². The standard InChI is InChI=1S/C50H45BN2O/c1-48(2,3)39-29-35-33-17-11-14-20-41(33)53(32-22-23-37-38(28-32)50(6,7)26-25-49(37,4)5)51-44(35)46-43(39)34-18-12-13-19-40(34)52(46)45-36-27-31(30-15-9-8-10-16-30)21-24-42(36)54-47(45)51/h8-24,27-29H,25-26H2,1-7H3. The Labute approximate surface area is 318 Å². The molecule has 54 heavy (non-hydrogen) atoms. The largest absolute Gasteiger partial charge is 0.466 e. The first-order valence-electron chi connectivity index (χ1n) is 19.7. The number of anilines is 2. The van der Waals surface area contributed by atoms with Crippen LogP contribution >= 0.6 is 0 Å². The van der Waals surface area contributed by atoms with E-state index in [9.17, 15) is 0 Å². The molecule has 0 amide bonds. The minimum atomic E-state index is -0.163. The van der Waals surface area contributed by atoms with E-state index in [1.165, 1.54) is 90.4 Å². The molecule has 4 heterocycles. The molecule has 2 aliphatic heterocycles. The van der Waals surface area contributed by atoms with Crippen LogP contribution in [-0.4, -0.2) is 11.4 Å². The molecule has 6 aromatic carbocycles. The van der Waals surface area contributed by atoms with Crippen molar-refractivity contribution in [3.8, 4) is 27.9 Å². The third-order valence-electron chi connectivity index (χ3n) is 13.2. The summed E-state index contributed by atoms with van der Waals surface area (Å²) in [5.74, 6) is 0. The lowest BCUT2D eigenvalue weighted by Crippen LogP contribution is -2.60. The molecule has 8 aromatic rings. The molecule has 3 aliphatic rings. The Hall–Kier alpha value is -5.48. The van der Waals surface area contributed by atoms with Gasteiger partial charge in [-0.25, -0.2) is 0 Å². The van der Waals surface area contributed by atoms with E-state index in [1.807, 2.05) is 0 Å². The zero-order valence-corrected chi connectivity index (χ0v) is 32.3. The van der Waals surface area contributed by atoms with Crippen LogP contribution in [0.3, 0.4) is 0 Å². The van der Waals surface area contributed by atoms with E-state index in [2.05, 4.69) is 179 Å². The van der Waals surface area contributed by atoms with Crippen LogP contribution in [0.1, 0.15) is 78.0 Å². The van der Waals surface area contributed by atoms with Gasteiger partial charge in [0.25, 0.3) is 0 Å². The molecular weight excluding hydrogens is 655 g/mol. The molecule has 0 atom stereocenters. The van der Waals surface area contributed by atoms with Gasteiger partial charge in [-0.2, -0.15) is 0 Å². The van der Waals surface area contributed by atoms with Gasteiger partial charge >= 0.3 is 6.85 Å². The topological polar surface area (TPSA) is 21.3 Å². The summed E-state index contributed by atoms with van der Waals surface area (Å²) in [5.41, 5.74) is 18.8. The van der Waals surface area contributed by atoms with Gasteiger partial charge in [-0.3, -0.25) is 0 Å². The number of hydrogen-bond donors (Lipinski definition) is 0. The van der Waals surface area contributed by atoms with Gasteiger partial charge in [0.05, 0.1) is 16.7 Å². The zero-order valence-electron chi connectivity index (χ0n) is 32.3. The predicted molar refractivity (Wildman–Crippen MR) is 229 cm³/mol. The molecule has 0 bridgehead atoms. The quantitative estimate of drug-likeness (QED) is 0.167. The summed E-state index contributed by atoms with van der Waals surface area (Å²) in [5, 5.41) is 3.80. The fraction of sp³-hybridized carbons (Fsp3) is 0.240. The van der Waals surface area contributed by atoms with Gasteiger partial charge in [-0.1, -0.05) is 133 Å². The van der Waals surface area contributed by atoms with E-state index in [-0.39, 0.29) is 23.1 Å². The van der Waals surface area contributed by atoms with Crippen LogP contribution in [-0.2, 0) is 16.2 Å². The fourth-order valence-corrected chi connectivity index (χ4v) is 10.3. The normalized spacial score (nSPS) is 16.5. The SMILES string of the molecule is CC(C)(C)c1cc2c3c4c1c1ccccc1n4-c1c(oc4ccc(-c5ccccc5)cc14)B3N(c1ccc3c(c1)C(C)(C)CCC3(C)C)c1ccccc1-2. The van der Waals surface area contributed by atoms with Crippen molar-refractivity contribution in [1.29, 1.82) is 0 Å². The molecule has 264 valence electrons. The number of nitrogens with zero attached hydrogens (tertiary/aromatic N) is 2. The maximum absolute atomic E-state index is 7.27. The predicted octanol–water partition coefficient (Wildman–Crippen LogP) is 12.1. The highest BCUT2D eigenvalue weighted by molar-refractivity contribution is 6.93. The van der Waals surface area contributed by atoms with E-state index in [1.54, 1.807) is 0 Å². The van der Waals surface area contributed by atoms with Crippen molar-refractivity contribution in [2.45, 2.75) is 77.6 Å². The lowest BCUT2D eigenvalue weighted by Gasteiger charge is -2.44. The Kier molecular flexibility index (Phi) is 6.28. The number of aromatic nitrogens is 1. The maximum atomic E-state index is 7.27. The highest BCUT2D eigenvalue weighted by Crippen LogP contribution is 2.51. The highest BCUT2D eigenvalue weighted by Gasteiger charge is 2.48. The van der Waals surface area contributed by atoms with Crippen LogP contribution in [0.2, 0.25) is 0 Å². The van der Waals surface area contributed by atoms with Crippen LogP contribution in [0.5, 0.6) is 0 Å². The minimum absolute atomic E-state index is 0.0817. The number of para-hydroxylation sites is 2. The molecular formula is C50H45BN2O. The van der Waals surface area contributed by atoms with E-state index < -0.39 is 0 Å². The number of fused-ring (bicyclic) bond motifs is 11. The second-order valence-electron chi connectivity index (χ2n) is 18.4. The first-order valence-corrected chi connectivity index (χ1v) is 19.7. The van der Waals surface area contributed by atoms with E-state index >= 15 is 0 Å². The van der Waals surface area contributed by atoms with Gasteiger partial charge in [0, 0.05) is 33.1 Å². The van der Waals surface area contributed by atoms with Crippen molar-refractivity contribution in [2.75, 3.05) is 4.81 Å². The molecule has 3 nitrogen and oxygen atoms in total. The van der Waals surface area contributed by atoms with E-state index in [0.29, 0.717) is 0 Å². The molecule has 0 spiro atoms. The average molecular weight is 701 g/mol. The Morgan fingerprint density at radius 2 is 1.37 bits per heavy atom. The Morgan fingerprint density at radius 3 is 2.17 bits per heavy atom. The van der Waals surface area contributed by atoms with Crippen molar-refractivity contribution in [2.24, 2.45) is 0 Å². The van der Waals surface area contributed by atoms with Gasteiger partial charge < -0.3 is 13.8 Å². The summed E-state index contributed by atoms with van der Waals surface area (Å²) in [6.45, 7) is 16.6. The average Bonchev–Trinajstić information content (AvgIpc) is 3.72. The number of rotatable bonds is 2. The fourth-order valence-electron chi connectivity index (χ4n) is 10.3. The summed E-state index contributed by atoms with van der Waals surface area (Å²) in [4.78, 5) is 2.62. The van der Waals surface area contributed by atoms with E-state index in [0.717, 1.165) is 22.3 Å². The number of hydrogen-bond acceptors (Lipinski definition) is 2. The van der Waals surface area contributed by atoms with E-state index in [4.69, 9.17) is 4.42 Å². The molecule has 0 fully saturated rings. The lowest BCUT2D eigenvalue weighted by molar-refractivity contribution is 0.332. The minimum Gasteiger partial charge on any atom is -0.466 e. The Balaban J connectivity index is 1.31. The van der Waals surface area contributed by atoms with Gasteiger partial charge in [0.2, 0.25) is 0 Å². The Morgan fingerprint density at radius 1 is 0.648 bits per heavy atom. The summed E-state index contributed by atoms with van der Waals surface area (Å²) >= 11 is 0. The van der Waals surface area contributed by atoms with Crippen molar-refractivity contribution in [3.05, 3.63) is 138 Å². The highest BCUT2D eigenvalue weighted by atomic mass is 16.3. The molecule has 0 saturated heterocycles. The molecule has 11 rings (SSSR count). The van der Waals surface area contributed by atoms with Crippen molar-refractivity contribution in [1.82, 2.24) is 4.57 Å². The molecule has 2 aromatic heterocycles. The molecule has 0 N–H and O–H groups in total. The van der Waals surface area contributed by atoms with Crippen molar-refractivity contribution in [3.63, 3.8) is 0 Å². The molecule has 0 unspecified atom stereocenters. The summed E-state index contributed by atoms with van der Waals surface area (Å²) in [6.07, 6.45) is 2.37. The Bertz CT molecular complexity index is 2880. The monoisotopic (exact) mass is 700 g/mol. The van der Waals surface area contributed by atoms with Gasteiger partial charge in [0.1, 0.15) is 11.2 Å². The van der Waals surface area contributed by atoms with Crippen LogP contribution in [0, 0.1) is 0 Å². The second kappa shape index (κ2) is 10.6. The molecule has 0 saturated carbocycles. The smallest absolute Gasteiger partial charge is 0.375 e. The first kappa shape index (κ1) is 32.0. The first-order chi connectivity index (χ1) is 25.9. The third-order valence-corrected chi connectivity index (χ3v) is 13.2. The van der Waals surface area contributed by atoms with Crippen LogP contribution in [0.4, 0.5) is 11.4 Å². The lowest BCUT2D eigenvalue weighted by atomic mass is 9.46. The van der Waals surface area contributed by atoms with Crippen LogP contribution in [0.25, 0.3) is 60.7 Å². The number of furan rings is 1. The maximum Gasteiger partial charge on any atom is 0.375 e. The van der Waals surface area contributed by atoms with Crippen LogP contribution in [0.15, 0.2) is 126 Å². The second-order valence-corrected chi connectivity index (χ2v) is 18.4. The van der Waals surface area contributed by atoms with Gasteiger partial charge in [0.15, 0.2) is 0 Å². The van der Waals surface area contributed by atoms with Gasteiger partial charge in [-0.05, 0) is 104 Å². The third kappa shape index (κ3) is 4.20. The molecule has 0 radical (unpaired) electrons. The number of benzene rings is 6.